The van der Waals surface area contributed by atoms with Gasteiger partial charge in [0.25, 0.3) is 0 Å². The largest absolute Gasteiger partial charge is 0.481 e. The van der Waals surface area contributed by atoms with Crippen molar-refractivity contribution in [1.29, 1.82) is 0 Å². The molecule has 1 heterocycles. The quantitative estimate of drug-likeness (QED) is 0.846. The SMILES string of the molecule is CC1CCCC1C(=O)Nc1nc(CCCC(=O)O)cs1. The molecule has 0 aliphatic heterocycles. The highest BCUT2D eigenvalue weighted by Crippen LogP contribution is 2.32. The van der Waals surface area contributed by atoms with Crippen LogP contribution in [0.1, 0.15) is 44.7 Å². The second-order valence-electron chi connectivity index (χ2n) is 5.40. The number of aryl methyl sites for hydroxylation is 1. The Bertz CT molecular complexity index is 487. The van der Waals surface area contributed by atoms with Crippen LogP contribution in [0.3, 0.4) is 0 Å². The maximum Gasteiger partial charge on any atom is 0.303 e. The molecule has 0 bridgehead atoms. The van der Waals surface area contributed by atoms with E-state index < -0.39 is 5.97 Å². The molecule has 20 heavy (non-hydrogen) atoms. The number of aromatic nitrogens is 1. The Labute approximate surface area is 122 Å². The van der Waals surface area contributed by atoms with Crippen molar-refractivity contribution < 1.29 is 14.7 Å². The maximum absolute atomic E-state index is 12.1. The predicted octanol–water partition coefficient (Wildman–Crippen LogP) is 2.93. The molecule has 0 saturated heterocycles. The van der Waals surface area contributed by atoms with E-state index in [0.717, 1.165) is 25.0 Å². The molecule has 1 aromatic heterocycles. The highest BCUT2D eigenvalue weighted by Gasteiger charge is 2.30. The fraction of sp³-hybridized carbons (Fsp3) is 0.643. The summed E-state index contributed by atoms with van der Waals surface area (Å²) in [7, 11) is 0. The Kier molecular flexibility index (Phi) is 5.11. The van der Waals surface area contributed by atoms with Crippen LogP contribution in [0.15, 0.2) is 5.38 Å². The Morgan fingerprint density at radius 2 is 2.30 bits per heavy atom. The molecule has 2 N–H and O–H groups in total. The van der Waals surface area contributed by atoms with Gasteiger partial charge in [-0.2, -0.15) is 0 Å². The molecule has 1 amide bonds. The van der Waals surface area contributed by atoms with Crippen molar-refractivity contribution >= 4 is 28.3 Å². The van der Waals surface area contributed by atoms with E-state index in [0.29, 0.717) is 23.9 Å². The molecule has 2 rings (SSSR count). The first-order valence-corrected chi connectivity index (χ1v) is 7.91. The number of carbonyl (C=O) groups is 2. The lowest BCUT2D eigenvalue weighted by Crippen LogP contribution is -2.24. The van der Waals surface area contributed by atoms with Crippen LogP contribution in [0.25, 0.3) is 0 Å². The number of amides is 1. The average molecular weight is 296 g/mol. The number of thiazole rings is 1. The van der Waals surface area contributed by atoms with Crippen LogP contribution in [0.5, 0.6) is 0 Å². The van der Waals surface area contributed by atoms with Crippen molar-refractivity contribution in [1.82, 2.24) is 4.98 Å². The zero-order chi connectivity index (χ0) is 14.5. The van der Waals surface area contributed by atoms with Crippen LogP contribution in [-0.4, -0.2) is 22.0 Å². The maximum atomic E-state index is 12.1. The van der Waals surface area contributed by atoms with Gasteiger partial charge in [0, 0.05) is 17.7 Å². The first-order chi connectivity index (χ1) is 9.56. The third-order valence-electron chi connectivity index (χ3n) is 3.80. The van der Waals surface area contributed by atoms with Gasteiger partial charge in [-0.3, -0.25) is 9.59 Å². The summed E-state index contributed by atoms with van der Waals surface area (Å²) in [6.45, 7) is 2.12. The first kappa shape index (κ1) is 15.0. The van der Waals surface area contributed by atoms with Crippen LogP contribution in [0, 0.1) is 11.8 Å². The predicted molar refractivity (Wildman–Crippen MR) is 77.8 cm³/mol. The zero-order valence-corrected chi connectivity index (χ0v) is 12.4. The number of carbonyl (C=O) groups excluding carboxylic acids is 1. The molecule has 1 fully saturated rings. The van der Waals surface area contributed by atoms with Crippen LogP contribution in [-0.2, 0) is 16.0 Å². The summed E-state index contributed by atoms with van der Waals surface area (Å²) in [4.78, 5) is 26.9. The first-order valence-electron chi connectivity index (χ1n) is 7.03. The number of hydrogen-bond donors (Lipinski definition) is 2. The Morgan fingerprint density at radius 3 is 2.95 bits per heavy atom. The molecule has 6 heteroatoms. The summed E-state index contributed by atoms with van der Waals surface area (Å²) in [6, 6.07) is 0. The Balaban J connectivity index is 1.83. The Hall–Kier alpha value is -1.43. The molecule has 0 radical (unpaired) electrons. The lowest BCUT2D eigenvalue weighted by atomic mass is 9.97. The topological polar surface area (TPSA) is 79.3 Å². The molecule has 1 aromatic rings. The number of anilines is 1. The molecule has 1 aliphatic carbocycles. The smallest absolute Gasteiger partial charge is 0.303 e. The highest BCUT2D eigenvalue weighted by atomic mass is 32.1. The molecule has 2 atom stereocenters. The standard InChI is InChI=1S/C14H20N2O3S/c1-9-4-2-6-11(9)13(19)16-14-15-10(8-20-14)5-3-7-12(17)18/h8-9,11H,2-7H2,1H3,(H,17,18)(H,15,16,19). The number of hydrogen-bond acceptors (Lipinski definition) is 4. The monoisotopic (exact) mass is 296 g/mol. The van der Waals surface area contributed by atoms with Gasteiger partial charge in [0.15, 0.2) is 5.13 Å². The summed E-state index contributed by atoms with van der Waals surface area (Å²) in [5, 5.41) is 14.0. The van der Waals surface area contributed by atoms with Gasteiger partial charge in [0.05, 0.1) is 5.69 Å². The highest BCUT2D eigenvalue weighted by molar-refractivity contribution is 7.13. The summed E-state index contributed by atoms with van der Waals surface area (Å²) in [5.41, 5.74) is 0.853. The van der Waals surface area contributed by atoms with Gasteiger partial charge in [-0.05, 0) is 31.6 Å². The van der Waals surface area contributed by atoms with E-state index in [-0.39, 0.29) is 18.2 Å². The molecule has 0 spiro atoms. The third-order valence-corrected chi connectivity index (χ3v) is 4.61. The van der Waals surface area contributed by atoms with Crippen LogP contribution >= 0.6 is 11.3 Å². The fourth-order valence-corrected chi connectivity index (χ4v) is 3.38. The van der Waals surface area contributed by atoms with E-state index in [2.05, 4.69) is 17.2 Å². The molecule has 0 aromatic carbocycles. The summed E-state index contributed by atoms with van der Waals surface area (Å²) in [6.07, 6.45) is 4.57. The minimum Gasteiger partial charge on any atom is -0.481 e. The molecule has 110 valence electrons. The van der Waals surface area contributed by atoms with E-state index in [1.807, 2.05) is 5.38 Å². The van der Waals surface area contributed by atoms with Gasteiger partial charge >= 0.3 is 5.97 Å². The average Bonchev–Trinajstić information content (AvgIpc) is 2.98. The summed E-state index contributed by atoms with van der Waals surface area (Å²) >= 11 is 1.41. The van der Waals surface area contributed by atoms with E-state index in [9.17, 15) is 9.59 Å². The second kappa shape index (κ2) is 6.83. The zero-order valence-electron chi connectivity index (χ0n) is 11.6. The normalized spacial score (nSPS) is 21.9. The number of carboxylic acids is 1. The van der Waals surface area contributed by atoms with Crippen molar-refractivity contribution in [3.63, 3.8) is 0 Å². The van der Waals surface area contributed by atoms with E-state index in [1.165, 1.54) is 11.3 Å². The number of nitrogens with zero attached hydrogens (tertiary/aromatic N) is 1. The Morgan fingerprint density at radius 1 is 1.50 bits per heavy atom. The van der Waals surface area contributed by atoms with Gasteiger partial charge in [-0.1, -0.05) is 13.3 Å². The van der Waals surface area contributed by atoms with Crippen molar-refractivity contribution in [3.8, 4) is 0 Å². The molecular formula is C14H20N2O3S. The lowest BCUT2D eigenvalue weighted by molar-refractivity contribution is -0.137. The van der Waals surface area contributed by atoms with E-state index in [1.54, 1.807) is 0 Å². The van der Waals surface area contributed by atoms with Crippen molar-refractivity contribution in [2.24, 2.45) is 11.8 Å². The molecule has 5 nitrogen and oxygen atoms in total. The number of nitrogens with one attached hydrogen (secondary N) is 1. The van der Waals surface area contributed by atoms with E-state index >= 15 is 0 Å². The van der Waals surface area contributed by atoms with Crippen LogP contribution in [0.4, 0.5) is 5.13 Å². The van der Waals surface area contributed by atoms with Crippen LogP contribution < -0.4 is 5.32 Å². The molecule has 1 aliphatic rings. The number of rotatable bonds is 6. The fourth-order valence-electron chi connectivity index (χ4n) is 2.63. The number of carboxylic acid groups (broad SMARTS) is 1. The van der Waals surface area contributed by atoms with Crippen molar-refractivity contribution in [2.75, 3.05) is 5.32 Å². The van der Waals surface area contributed by atoms with Gasteiger partial charge in [0.1, 0.15) is 0 Å². The van der Waals surface area contributed by atoms with Gasteiger partial charge in [-0.25, -0.2) is 4.98 Å². The number of aliphatic carboxylic acids is 1. The van der Waals surface area contributed by atoms with Gasteiger partial charge < -0.3 is 10.4 Å². The van der Waals surface area contributed by atoms with Gasteiger partial charge in [-0.15, -0.1) is 11.3 Å². The molecular weight excluding hydrogens is 276 g/mol. The summed E-state index contributed by atoms with van der Waals surface area (Å²) < 4.78 is 0. The van der Waals surface area contributed by atoms with Crippen molar-refractivity contribution in [2.45, 2.75) is 45.4 Å². The molecule has 2 unspecified atom stereocenters. The third kappa shape index (κ3) is 4.03. The second-order valence-corrected chi connectivity index (χ2v) is 6.25. The van der Waals surface area contributed by atoms with E-state index in [4.69, 9.17) is 5.11 Å². The van der Waals surface area contributed by atoms with Crippen molar-refractivity contribution in [3.05, 3.63) is 11.1 Å². The minimum atomic E-state index is -0.788. The lowest BCUT2D eigenvalue weighted by Gasteiger charge is -2.13. The summed E-state index contributed by atoms with van der Waals surface area (Å²) in [5.74, 6) is -0.162. The minimum absolute atomic E-state index is 0.0708. The molecule has 1 saturated carbocycles. The van der Waals surface area contributed by atoms with Gasteiger partial charge in [0.2, 0.25) is 5.91 Å². The van der Waals surface area contributed by atoms with Crippen LogP contribution in [0.2, 0.25) is 0 Å².